The Morgan fingerprint density at radius 3 is 2.45 bits per heavy atom. The second-order valence-electron chi connectivity index (χ2n) is 14.6. The number of rotatable bonds is 4. The number of hydrogen-bond donors (Lipinski definition) is 0. The molecule has 8 rings (SSSR count). The van der Waals surface area contributed by atoms with Crippen LogP contribution in [0.2, 0.25) is 0 Å². The maximum absolute atomic E-state index is 9.15. The first kappa shape index (κ1) is 29.6. The summed E-state index contributed by atoms with van der Waals surface area (Å²) in [5.41, 5.74) is 7.61. The molecule has 5 saturated carbocycles. The molecule has 0 aromatic carbocycles. The van der Waals surface area contributed by atoms with Crippen molar-refractivity contribution in [1.82, 2.24) is 9.97 Å². The van der Waals surface area contributed by atoms with E-state index in [0.717, 1.165) is 54.3 Å². The third-order valence-electron chi connectivity index (χ3n) is 13.9. The van der Waals surface area contributed by atoms with E-state index in [1.54, 1.807) is 6.33 Å². The van der Waals surface area contributed by atoms with E-state index in [4.69, 9.17) is 11.8 Å². The molecule has 0 amide bonds. The Bertz CT molecular complexity index is 1350. The van der Waals surface area contributed by atoms with Crippen LogP contribution in [-0.4, -0.2) is 9.97 Å². The van der Waals surface area contributed by atoms with Gasteiger partial charge in [0, 0.05) is 24.8 Å². The Labute approximate surface area is 257 Å². The van der Waals surface area contributed by atoms with E-state index in [9.17, 15) is 0 Å². The second kappa shape index (κ2) is 10.6. The number of hydrogen-bond acceptors (Lipinski definition) is 3. The summed E-state index contributed by atoms with van der Waals surface area (Å²) in [5.74, 6) is 6.67. The highest BCUT2D eigenvalue weighted by Gasteiger charge is 2.94. The first-order valence-electron chi connectivity index (χ1n) is 17.3. The topological polar surface area (TPSA) is 49.6 Å². The van der Waals surface area contributed by atoms with Crippen LogP contribution in [0.15, 0.2) is 60.8 Å². The zero-order valence-corrected chi connectivity index (χ0v) is 27.1. The Morgan fingerprint density at radius 1 is 1.02 bits per heavy atom. The van der Waals surface area contributed by atoms with Gasteiger partial charge in [-0.3, -0.25) is 0 Å². The van der Waals surface area contributed by atoms with Crippen LogP contribution in [0.3, 0.4) is 0 Å². The van der Waals surface area contributed by atoms with Gasteiger partial charge in [-0.2, -0.15) is 5.26 Å². The summed E-state index contributed by atoms with van der Waals surface area (Å²) in [5, 5.41) is 9.15. The average Bonchev–Trinajstić information content (AvgIpc) is 3.86. The van der Waals surface area contributed by atoms with E-state index in [2.05, 4.69) is 48.6 Å². The quantitative estimate of drug-likeness (QED) is 0.365. The maximum atomic E-state index is 9.15. The zero-order chi connectivity index (χ0) is 30.0. The summed E-state index contributed by atoms with van der Waals surface area (Å²) in [6, 6.07) is 2.33. The second-order valence-corrected chi connectivity index (χ2v) is 14.6. The van der Waals surface area contributed by atoms with Crippen LogP contribution in [0.4, 0.5) is 0 Å². The lowest BCUT2D eigenvalue weighted by atomic mass is 9.43. The summed E-state index contributed by atoms with van der Waals surface area (Å²) < 4.78 is 0. The molecule has 11 unspecified atom stereocenters. The van der Waals surface area contributed by atoms with Crippen LogP contribution >= 0.6 is 0 Å². The van der Waals surface area contributed by atoms with Gasteiger partial charge in [0.2, 0.25) is 0 Å². The van der Waals surface area contributed by atoms with Gasteiger partial charge in [0.05, 0.1) is 12.5 Å². The zero-order valence-electron chi connectivity index (χ0n) is 27.1. The van der Waals surface area contributed by atoms with Gasteiger partial charge in [0.1, 0.15) is 6.33 Å². The van der Waals surface area contributed by atoms with Crippen molar-refractivity contribution in [3.8, 4) is 6.07 Å². The minimum atomic E-state index is 0. The lowest BCUT2D eigenvalue weighted by Gasteiger charge is -2.60. The first-order valence-corrected chi connectivity index (χ1v) is 17.3. The van der Waals surface area contributed by atoms with Crippen molar-refractivity contribution < 1.29 is 1.43 Å². The van der Waals surface area contributed by atoms with Crippen LogP contribution < -0.4 is 0 Å². The number of allylic oxidation sites excluding steroid dienone is 6. The number of nitrogens with zero attached hydrogens (tertiary/aromatic N) is 3. The Hall–Kier alpha value is -2.47. The minimum absolute atomic E-state index is 0. The van der Waals surface area contributed by atoms with Crippen LogP contribution in [0.1, 0.15) is 106 Å². The van der Waals surface area contributed by atoms with Gasteiger partial charge in [-0.1, -0.05) is 72.4 Å². The molecule has 226 valence electrons. The summed E-state index contributed by atoms with van der Waals surface area (Å²) in [7, 11) is 0. The molecule has 0 N–H and O–H groups in total. The Morgan fingerprint density at radius 2 is 1.76 bits per heavy atom. The van der Waals surface area contributed by atoms with E-state index in [1.807, 2.05) is 40.1 Å². The van der Waals surface area contributed by atoms with Crippen molar-refractivity contribution in [3.63, 3.8) is 0 Å². The fourth-order valence-electron chi connectivity index (χ4n) is 12.1. The molecule has 0 radical (unpaired) electrons. The average molecular weight is 566 g/mol. The van der Waals surface area contributed by atoms with E-state index in [-0.39, 0.29) is 6.84 Å². The predicted molar refractivity (Wildman–Crippen MR) is 175 cm³/mol. The molecule has 3 nitrogen and oxygen atoms in total. The van der Waals surface area contributed by atoms with Crippen molar-refractivity contribution in [2.75, 3.05) is 0 Å². The summed E-state index contributed by atoms with van der Waals surface area (Å²) in [4.78, 5) is 8.71. The number of nitriles is 1. The molecule has 1 heterocycles. The smallest absolute Gasteiger partial charge is 0.115 e. The van der Waals surface area contributed by atoms with E-state index in [1.165, 1.54) is 66.4 Å². The Kier molecular flexibility index (Phi) is 7.47. The highest BCUT2D eigenvalue weighted by Crippen LogP contribution is 2.98. The molecule has 5 fully saturated rings. The van der Waals surface area contributed by atoms with Crippen LogP contribution in [0, 0.1) is 74.9 Å². The van der Waals surface area contributed by atoms with Gasteiger partial charge in [-0.25, -0.2) is 9.97 Å². The summed E-state index contributed by atoms with van der Waals surface area (Å²) >= 11 is 0. The van der Waals surface area contributed by atoms with E-state index < -0.39 is 0 Å². The standard InChI is InChI=1S/C35H41N3.2C2H6.H2/c1-20-13-22(5-6-23(20)10-12-36)14-25-7-8-28-27-16-31-32-30-15-26(24-17-37-19-38-18-24)21(2)34(4,35(30,31)32)29(27)9-11-33(25,28)3;2*1-2;/h6,15,17-19,22,25,27-32H,1-2,5,7-11,13-14,16H2,3-4H3;2*1-2H3;1H. The van der Waals surface area contributed by atoms with Gasteiger partial charge in [0.25, 0.3) is 0 Å². The molecule has 3 heteroatoms. The molecule has 11 atom stereocenters. The maximum Gasteiger partial charge on any atom is 0.115 e. The molecule has 1 aromatic heterocycles. The number of aromatic nitrogens is 2. The highest BCUT2D eigenvalue weighted by atomic mass is 15.0. The molecule has 0 saturated heterocycles. The lowest BCUT2D eigenvalue weighted by molar-refractivity contribution is -0.0853. The fraction of sp³-hybridized carbons (Fsp3) is 0.667. The van der Waals surface area contributed by atoms with Crippen LogP contribution in [-0.2, 0) is 0 Å². The van der Waals surface area contributed by atoms with Crippen molar-refractivity contribution in [1.29, 1.82) is 5.26 Å². The van der Waals surface area contributed by atoms with Crippen molar-refractivity contribution in [2.24, 2.45) is 63.6 Å². The summed E-state index contributed by atoms with van der Waals surface area (Å²) in [6.45, 7) is 22.5. The normalized spacial score (nSPS) is 45.1. The van der Waals surface area contributed by atoms with Gasteiger partial charge in [-0.05, 0) is 126 Å². The minimum Gasteiger partial charge on any atom is -0.244 e. The molecular weight excluding hydrogens is 510 g/mol. The van der Waals surface area contributed by atoms with E-state index >= 15 is 0 Å². The van der Waals surface area contributed by atoms with Gasteiger partial charge >= 0.3 is 0 Å². The van der Waals surface area contributed by atoms with E-state index in [0.29, 0.717) is 23.2 Å². The molecule has 0 aliphatic heterocycles. The SMILES string of the molecule is C=C1CC(CC2CCC3C4CC5C6C7C=C(c8cncnc8)C(=C)C(C)(C4CCC23C)C756)CC=C1CC#N.CC.CC.[HH]. The first-order chi connectivity index (χ1) is 20.4. The molecule has 1 spiro atoms. The number of fused-ring (bicyclic) bond motifs is 6. The predicted octanol–water partition coefficient (Wildman–Crippen LogP) is 10.3. The molecule has 42 heavy (non-hydrogen) atoms. The molecule has 7 aliphatic carbocycles. The largest absolute Gasteiger partial charge is 0.244 e. The van der Waals surface area contributed by atoms with Crippen LogP contribution in [0.25, 0.3) is 5.57 Å². The Balaban J connectivity index is 0.000000709. The van der Waals surface area contributed by atoms with Crippen LogP contribution in [0.5, 0.6) is 0 Å². The van der Waals surface area contributed by atoms with Gasteiger partial charge in [0.15, 0.2) is 0 Å². The molecule has 7 aliphatic rings. The third-order valence-corrected chi connectivity index (χ3v) is 13.9. The third kappa shape index (κ3) is 3.75. The van der Waals surface area contributed by atoms with Gasteiger partial charge < -0.3 is 0 Å². The monoisotopic (exact) mass is 565 g/mol. The molecule has 1 aromatic rings. The van der Waals surface area contributed by atoms with Gasteiger partial charge in [-0.15, -0.1) is 0 Å². The molecule has 0 bridgehead atoms. The summed E-state index contributed by atoms with van der Waals surface area (Å²) in [6.07, 6.45) is 21.7. The van der Waals surface area contributed by atoms with Crippen molar-refractivity contribution in [2.45, 2.75) is 99.3 Å². The molecular formula is C39H55N3. The highest BCUT2D eigenvalue weighted by molar-refractivity contribution is 5.84. The fourth-order valence-corrected chi connectivity index (χ4v) is 12.1. The lowest BCUT2D eigenvalue weighted by Crippen LogP contribution is -2.54. The van der Waals surface area contributed by atoms with Crippen molar-refractivity contribution in [3.05, 3.63) is 66.3 Å². The van der Waals surface area contributed by atoms with Crippen molar-refractivity contribution >= 4 is 5.57 Å².